The van der Waals surface area contributed by atoms with Crippen molar-refractivity contribution in [3.63, 3.8) is 0 Å². The van der Waals surface area contributed by atoms with Crippen molar-refractivity contribution in [3.8, 4) is 5.82 Å². The molecule has 0 fully saturated rings. The van der Waals surface area contributed by atoms with Gasteiger partial charge in [0.15, 0.2) is 22.5 Å². The predicted octanol–water partition coefficient (Wildman–Crippen LogP) is 2.32. The van der Waals surface area contributed by atoms with E-state index in [-0.39, 0.29) is 34.4 Å². The molecule has 0 saturated heterocycles. The highest BCUT2D eigenvalue weighted by atomic mass is 35.5. The highest BCUT2D eigenvalue weighted by molar-refractivity contribution is 6.31. The number of carbonyl (C=O) groups excluding carboxylic acids is 1. The molecule has 1 aliphatic carbocycles. The van der Waals surface area contributed by atoms with Gasteiger partial charge in [-0.3, -0.25) is 4.79 Å². The number of nitrogens with one attached hydrogen (secondary N) is 1. The molecule has 1 atom stereocenters. The van der Waals surface area contributed by atoms with Crippen molar-refractivity contribution in [2.24, 2.45) is 0 Å². The first-order valence-corrected chi connectivity index (χ1v) is 8.23. The second-order valence-corrected chi connectivity index (χ2v) is 6.14. The summed E-state index contributed by atoms with van der Waals surface area (Å²) in [5, 5.41) is 7.08. The second-order valence-electron chi connectivity index (χ2n) is 5.79. The van der Waals surface area contributed by atoms with Gasteiger partial charge in [-0.05, 0) is 30.0 Å². The van der Waals surface area contributed by atoms with Gasteiger partial charge in [0.05, 0.1) is 6.04 Å². The van der Waals surface area contributed by atoms with Crippen LogP contribution in [0.15, 0.2) is 42.7 Å². The Kier molecular flexibility index (Phi) is 3.85. The smallest absolute Gasteiger partial charge is 0.274 e. The number of amides is 1. The Balaban J connectivity index is 1.60. The highest BCUT2D eigenvalue weighted by Gasteiger charge is 2.26. The standard InChI is InChI=1S/C17H15ClN6O/c18-14-16(24-9-3-8-20-24)23-15(19)13(22-14)17(25)21-12-7-6-10-4-1-2-5-11(10)12/h1-5,8-9,12H,6-7H2,(H2,19,23)(H,21,25)/t12-/m1/s1. The van der Waals surface area contributed by atoms with Crippen molar-refractivity contribution >= 4 is 23.3 Å². The summed E-state index contributed by atoms with van der Waals surface area (Å²) in [5.74, 6) is -0.0915. The monoisotopic (exact) mass is 354 g/mol. The molecule has 1 aromatic carbocycles. The first kappa shape index (κ1) is 15.6. The molecule has 0 bridgehead atoms. The van der Waals surface area contributed by atoms with Crippen molar-refractivity contribution in [2.45, 2.75) is 18.9 Å². The van der Waals surface area contributed by atoms with Gasteiger partial charge in [0.1, 0.15) is 0 Å². The average Bonchev–Trinajstić information content (AvgIpc) is 3.27. The van der Waals surface area contributed by atoms with E-state index < -0.39 is 0 Å². The lowest BCUT2D eigenvalue weighted by atomic mass is 10.1. The Morgan fingerprint density at radius 2 is 2.12 bits per heavy atom. The van der Waals surface area contributed by atoms with Crippen LogP contribution < -0.4 is 11.1 Å². The fraction of sp³-hybridized carbons (Fsp3) is 0.176. The van der Waals surface area contributed by atoms with Crippen LogP contribution in [0.2, 0.25) is 5.15 Å². The van der Waals surface area contributed by atoms with E-state index in [1.165, 1.54) is 10.2 Å². The minimum Gasteiger partial charge on any atom is -0.382 e. The van der Waals surface area contributed by atoms with E-state index >= 15 is 0 Å². The van der Waals surface area contributed by atoms with Crippen LogP contribution in [0.25, 0.3) is 5.82 Å². The molecule has 2 heterocycles. The largest absolute Gasteiger partial charge is 0.382 e. The zero-order valence-electron chi connectivity index (χ0n) is 13.2. The number of benzene rings is 1. The fourth-order valence-corrected chi connectivity index (χ4v) is 3.27. The van der Waals surface area contributed by atoms with E-state index in [9.17, 15) is 4.79 Å². The summed E-state index contributed by atoms with van der Waals surface area (Å²) >= 11 is 6.16. The number of nitrogen functional groups attached to an aromatic ring is 1. The number of aromatic nitrogens is 4. The molecule has 2 aromatic heterocycles. The molecule has 1 amide bonds. The minimum atomic E-state index is -0.388. The van der Waals surface area contributed by atoms with E-state index in [1.807, 2.05) is 18.2 Å². The summed E-state index contributed by atoms with van der Waals surface area (Å²) in [6, 6.07) is 9.73. The molecule has 0 saturated carbocycles. The van der Waals surface area contributed by atoms with E-state index in [0.29, 0.717) is 0 Å². The average molecular weight is 355 g/mol. The number of carbonyl (C=O) groups is 1. The summed E-state index contributed by atoms with van der Waals surface area (Å²) < 4.78 is 1.45. The lowest BCUT2D eigenvalue weighted by Crippen LogP contribution is -2.29. The van der Waals surface area contributed by atoms with Crippen LogP contribution in [0.1, 0.15) is 34.1 Å². The van der Waals surface area contributed by atoms with Crippen molar-refractivity contribution in [2.75, 3.05) is 5.73 Å². The number of halogens is 1. The first-order valence-electron chi connectivity index (χ1n) is 7.85. The Morgan fingerprint density at radius 1 is 1.28 bits per heavy atom. The van der Waals surface area contributed by atoms with Gasteiger partial charge in [-0.25, -0.2) is 14.6 Å². The predicted molar refractivity (Wildman–Crippen MR) is 93.5 cm³/mol. The zero-order chi connectivity index (χ0) is 17.4. The maximum atomic E-state index is 12.6. The van der Waals surface area contributed by atoms with Crippen LogP contribution in [0, 0.1) is 0 Å². The summed E-state index contributed by atoms with van der Waals surface area (Å²) in [7, 11) is 0. The Bertz CT molecular complexity index is 940. The van der Waals surface area contributed by atoms with Crippen LogP contribution in [-0.4, -0.2) is 25.7 Å². The van der Waals surface area contributed by atoms with Crippen LogP contribution in [-0.2, 0) is 6.42 Å². The van der Waals surface area contributed by atoms with Crippen molar-refractivity contribution in [1.82, 2.24) is 25.1 Å². The number of nitrogens with two attached hydrogens (primary N) is 1. The van der Waals surface area contributed by atoms with Crippen molar-refractivity contribution < 1.29 is 4.79 Å². The third-order valence-corrected chi connectivity index (χ3v) is 4.49. The van der Waals surface area contributed by atoms with E-state index in [4.69, 9.17) is 17.3 Å². The SMILES string of the molecule is Nc1nc(-n2cccn2)c(Cl)nc1C(=O)N[C@@H]1CCc2ccccc21. The summed E-state index contributed by atoms with van der Waals surface area (Å²) in [4.78, 5) is 20.9. The maximum Gasteiger partial charge on any atom is 0.274 e. The molecule has 3 N–H and O–H groups in total. The van der Waals surface area contributed by atoms with Crippen LogP contribution in [0.4, 0.5) is 5.82 Å². The molecule has 0 aliphatic heterocycles. The number of hydrogen-bond donors (Lipinski definition) is 2. The zero-order valence-corrected chi connectivity index (χ0v) is 13.9. The molecule has 0 radical (unpaired) electrons. The molecule has 3 aromatic rings. The van der Waals surface area contributed by atoms with Crippen molar-refractivity contribution in [3.05, 3.63) is 64.7 Å². The van der Waals surface area contributed by atoms with Gasteiger partial charge in [-0.1, -0.05) is 35.9 Å². The fourth-order valence-electron chi connectivity index (χ4n) is 3.06. The van der Waals surface area contributed by atoms with Gasteiger partial charge in [0.2, 0.25) is 0 Å². The van der Waals surface area contributed by atoms with Crippen LogP contribution >= 0.6 is 11.6 Å². The van der Waals surface area contributed by atoms with Gasteiger partial charge in [0.25, 0.3) is 5.91 Å². The van der Waals surface area contributed by atoms with Gasteiger partial charge in [0, 0.05) is 12.4 Å². The first-order chi connectivity index (χ1) is 12.1. The maximum absolute atomic E-state index is 12.6. The molecule has 8 heteroatoms. The third kappa shape index (κ3) is 2.83. The highest BCUT2D eigenvalue weighted by Crippen LogP contribution is 2.31. The Morgan fingerprint density at radius 3 is 2.92 bits per heavy atom. The number of aryl methyl sites for hydroxylation is 1. The molecular weight excluding hydrogens is 340 g/mol. The molecule has 4 rings (SSSR count). The third-order valence-electron chi connectivity index (χ3n) is 4.24. The number of hydrogen-bond acceptors (Lipinski definition) is 5. The molecule has 0 spiro atoms. The van der Waals surface area contributed by atoms with E-state index in [0.717, 1.165) is 18.4 Å². The molecule has 1 aliphatic rings. The minimum absolute atomic E-state index is 0.0127. The number of rotatable bonds is 3. The topological polar surface area (TPSA) is 98.7 Å². The Labute approximate surface area is 148 Å². The molecule has 7 nitrogen and oxygen atoms in total. The lowest BCUT2D eigenvalue weighted by Gasteiger charge is -2.15. The van der Waals surface area contributed by atoms with Gasteiger partial charge >= 0.3 is 0 Å². The van der Waals surface area contributed by atoms with Crippen molar-refractivity contribution in [1.29, 1.82) is 0 Å². The number of nitrogens with zero attached hydrogens (tertiary/aromatic N) is 4. The van der Waals surface area contributed by atoms with Gasteiger partial charge in [-0.15, -0.1) is 0 Å². The summed E-state index contributed by atoms with van der Waals surface area (Å²) in [5.41, 5.74) is 8.33. The Hall–Kier alpha value is -2.93. The van der Waals surface area contributed by atoms with Crippen LogP contribution in [0.5, 0.6) is 0 Å². The van der Waals surface area contributed by atoms with Gasteiger partial charge in [-0.2, -0.15) is 5.10 Å². The quantitative estimate of drug-likeness (QED) is 0.752. The van der Waals surface area contributed by atoms with E-state index in [1.54, 1.807) is 18.5 Å². The van der Waals surface area contributed by atoms with E-state index in [2.05, 4.69) is 26.4 Å². The second kappa shape index (κ2) is 6.18. The number of fused-ring (bicyclic) bond motifs is 1. The normalized spacial score (nSPS) is 15.8. The summed E-state index contributed by atoms with van der Waals surface area (Å²) in [6.07, 6.45) is 5.04. The van der Waals surface area contributed by atoms with Crippen LogP contribution in [0.3, 0.4) is 0 Å². The molecule has 126 valence electrons. The lowest BCUT2D eigenvalue weighted by molar-refractivity contribution is 0.0932. The number of anilines is 1. The molecule has 0 unspecified atom stereocenters. The molecule has 25 heavy (non-hydrogen) atoms. The van der Waals surface area contributed by atoms with Gasteiger partial charge < -0.3 is 11.1 Å². The molecular formula is C17H15ClN6O. The summed E-state index contributed by atoms with van der Waals surface area (Å²) in [6.45, 7) is 0.